The third-order valence-corrected chi connectivity index (χ3v) is 4.81. The zero-order chi connectivity index (χ0) is 17.1. The molecule has 1 fully saturated rings. The Bertz CT molecular complexity index is 734. The van der Waals surface area contributed by atoms with Gasteiger partial charge < -0.3 is 10.0 Å². The number of piperidine rings is 1. The van der Waals surface area contributed by atoms with E-state index in [1.165, 1.54) is 0 Å². The maximum absolute atomic E-state index is 12.6. The number of carbonyl (C=O) groups is 2. The quantitative estimate of drug-likeness (QED) is 0.868. The molecule has 1 saturated heterocycles. The van der Waals surface area contributed by atoms with E-state index in [2.05, 4.69) is 21.0 Å². The highest BCUT2D eigenvalue weighted by Gasteiger charge is 2.25. The number of nitrogens with zero attached hydrogens (tertiary/aromatic N) is 3. The van der Waals surface area contributed by atoms with Crippen LogP contribution < -0.4 is 0 Å². The summed E-state index contributed by atoms with van der Waals surface area (Å²) < 4.78 is 2.66. The van der Waals surface area contributed by atoms with Gasteiger partial charge in [0, 0.05) is 30.2 Å². The average molecular weight is 392 g/mol. The van der Waals surface area contributed by atoms with Gasteiger partial charge >= 0.3 is 5.97 Å². The Kier molecular flexibility index (Phi) is 4.99. The summed E-state index contributed by atoms with van der Waals surface area (Å²) in [6.45, 7) is 1.19. The summed E-state index contributed by atoms with van der Waals surface area (Å²) in [5, 5.41) is 13.1. The minimum atomic E-state index is -0.768. The number of hydrogen-bond acceptors (Lipinski definition) is 3. The lowest BCUT2D eigenvalue weighted by Gasteiger charge is -2.31. The predicted octanol–water partition coefficient (Wildman–Crippen LogP) is 2.96. The van der Waals surface area contributed by atoms with Crippen molar-refractivity contribution in [2.75, 3.05) is 13.1 Å². The summed E-state index contributed by atoms with van der Waals surface area (Å²) in [5.41, 5.74) is 1.44. The second-order valence-corrected chi connectivity index (χ2v) is 6.90. The molecular formula is C17H18BrN3O3. The molecule has 3 rings (SSSR count). The molecule has 0 spiro atoms. The minimum Gasteiger partial charge on any atom is -0.481 e. The number of amides is 1. The number of carboxylic acids is 1. The monoisotopic (exact) mass is 391 g/mol. The second-order valence-electron chi connectivity index (χ2n) is 5.98. The van der Waals surface area contributed by atoms with Crippen LogP contribution in [-0.2, 0) is 4.79 Å². The van der Waals surface area contributed by atoms with Gasteiger partial charge in [0.2, 0.25) is 0 Å². The molecule has 0 radical (unpaired) electrons. The Labute approximate surface area is 148 Å². The maximum Gasteiger partial charge on any atom is 0.303 e. The maximum atomic E-state index is 12.6. The number of rotatable bonds is 4. The van der Waals surface area contributed by atoms with Gasteiger partial charge in [0.1, 0.15) is 0 Å². The fraction of sp³-hybridized carbons (Fsp3) is 0.353. The van der Waals surface area contributed by atoms with Gasteiger partial charge in [0.25, 0.3) is 5.91 Å². The van der Waals surface area contributed by atoms with E-state index in [9.17, 15) is 9.59 Å². The van der Waals surface area contributed by atoms with Gasteiger partial charge in [-0.25, -0.2) is 4.68 Å². The minimum absolute atomic E-state index is 0.0489. The molecule has 2 aromatic rings. The number of hydrogen-bond donors (Lipinski definition) is 1. The highest BCUT2D eigenvalue weighted by molar-refractivity contribution is 9.10. The zero-order valence-corrected chi connectivity index (χ0v) is 14.6. The Morgan fingerprint density at radius 1 is 1.21 bits per heavy atom. The molecule has 0 aliphatic carbocycles. The second kappa shape index (κ2) is 7.17. The molecule has 0 saturated carbocycles. The summed E-state index contributed by atoms with van der Waals surface area (Å²) in [4.78, 5) is 25.1. The molecule has 126 valence electrons. The summed E-state index contributed by atoms with van der Waals surface area (Å²) in [7, 11) is 0. The lowest BCUT2D eigenvalue weighted by Crippen LogP contribution is -2.38. The molecule has 1 aliphatic heterocycles. The molecule has 1 N–H and O–H groups in total. The highest BCUT2D eigenvalue weighted by Crippen LogP contribution is 2.22. The smallest absolute Gasteiger partial charge is 0.303 e. The lowest BCUT2D eigenvalue weighted by molar-refractivity contribution is -0.138. The molecule has 1 aromatic carbocycles. The van der Waals surface area contributed by atoms with E-state index in [-0.39, 0.29) is 18.2 Å². The Hall–Kier alpha value is -2.15. The van der Waals surface area contributed by atoms with Gasteiger partial charge in [-0.2, -0.15) is 5.10 Å². The molecule has 1 aromatic heterocycles. The van der Waals surface area contributed by atoms with E-state index in [0.29, 0.717) is 18.7 Å². The molecule has 0 bridgehead atoms. The number of carbonyl (C=O) groups excluding carboxylic acids is 1. The van der Waals surface area contributed by atoms with Crippen LogP contribution in [0.25, 0.3) is 5.69 Å². The first kappa shape index (κ1) is 16.7. The van der Waals surface area contributed by atoms with Crippen molar-refractivity contribution in [2.24, 2.45) is 5.92 Å². The van der Waals surface area contributed by atoms with Crippen molar-refractivity contribution >= 4 is 27.8 Å². The summed E-state index contributed by atoms with van der Waals surface area (Å²) in [5.74, 6) is -0.653. The largest absolute Gasteiger partial charge is 0.481 e. The van der Waals surface area contributed by atoms with E-state index in [0.717, 1.165) is 23.0 Å². The van der Waals surface area contributed by atoms with Gasteiger partial charge in [0.15, 0.2) is 0 Å². The van der Waals surface area contributed by atoms with Gasteiger partial charge in [-0.15, -0.1) is 0 Å². The van der Waals surface area contributed by atoms with Crippen molar-refractivity contribution in [3.8, 4) is 5.69 Å². The number of benzene rings is 1. The van der Waals surface area contributed by atoms with Crippen molar-refractivity contribution < 1.29 is 14.7 Å². The van der Waals surface area contributed by atoms with E-state index in [1.54, 1.807) is 22.0 Å². The van der Waals surface area contributed by atoms with Crippen molar-refractivity contribution in [2.45, 2.75) is 19.3 Å². The predicted molar refractivity (Wildman–Crippen MR) is 92.1 cm³/mol. The third-order valence-electron chi connectivity index (χ3n) is 4.29. The van der Waals surface area contributed by atoms with Crippen molar-refractivity contribution in [3.05, 3.63) is 46.7 Å². The third kappa shape index (κ3) is 3.84. The van der Waals surface area contributed by atoms with Crippen LogP contribution in [0.3, 0.4) is 0 Å². The molecular weight excluding hydrogens is 374 g/mol. The van der Waals surface area contributed by atoms with Gasteiger partial charge in [-0.05, 0) is 43.0 Å². The zero-order valence-electron chi connectivity index (χ0n) is 13.1. The summed E-state index contributed by atoms with van der Waals surface area (Å²) >= 11 is 3.39. The van der Waals surface area contributed by atoms with Crippen LogP contribution in [-0.4, -0.2) is 44.8 Å². The van der Waals surface area contributed by atoms with Crippen LogP contribution in [0, 0.1) is 5.92 Å². The fourth-order valence-electron chi connectivity index (χ4n) is 2.94. The first-order chi connectivity index (χ1) is 11.5. The van der Waals surface area contributed by atoms with Crippen LogP contribution in [0.2, 0.25) is 0 Å². The molecule has 1 amide bonds. The SMILES string of the molecule is O=C(O)CC1CCN(C(=O)c2cnn(-c3ccc(Br)cc3)c2)CC1. The molecule has 24 heavy (non-hydrogen) atoms. The van der Waals surface area contributed by atoms with Crippen LogP contribution >= 0.6 is 15.9 Å². The molecule has 2 heterocycles. The topological polar surface area (TPSA) is 75.4 Å². The van der Waals surface area contributed by atoms with E-state index < -0.39 is 5.97 Å². The van der Waals surface area contributed by atoms with E-state index >= 15 is 0 Å². The summed E-state index contributed by atoms with van der Waals surface area (Å²) in [6.07, 6.45) is 4.96. The highest BCUT2D eigenvalue weighted by atomic mass is 79.9. The number of aliphatic carboxylic acids is 1. The molecule has 6 nitrogen and oxygen atoms in total. The van der Waals surface area contributed by atoms with E-state index in [1.807, 2.05) is 24.3 Å². The molecule has 0 unspecified atom stereocenters. The number of carboxylic acid groups (broad SMARTS) is 1. The van der Waals surface area contributed by atoms with Crippen LogP contribution in [0.4, 0.5) is 0 Å². The Morgan fingerprint density at radius 2 is 1.88 bits per heavy atom. The standard InChI is InChI=1S/C17H18BrN3O3/c18-14-1-3-15(4-2-14)21-11-13(10-19-21)17(24)20-7-5-12(6-8-20)9-16(22)23/h1-4,10-12H,5-9H2,(H,22,23). The van der Waals surface area contributed by atoms with Crippen LogP contribution in [0.5, 0.6) is 0 Å². The number of halogens is 1. The Balaban J connectivity index is 1.64. The van der Waals surface area contributed by atoms with Crippen molar-refractivity contribution in [3.63, 3.8) is 0 Å². The van der Waals surface area contributed by atoms with Crippen molar-refractivity contribution in [1.29, 1.82) is 0 Å². The number of aromatic nitrogens is 2. The lowest BCUT2D eigenvalue weighted by atomic mass is 9.93. The van der Waals surface area contributed by atoms with E-state index in [4.69, 9.17) is 5.11 Å². The average Bonchev–Trinajstić information content (AvgIpc) is 3.05. The van der Waals surface area contributed by atoms with Gasteiger partial charge in [-0.3, -0.25) is 9.59 Å². The van der Waals surface area contributed by atoms with Crippen LogP contribution in [0.15, 0.2) is 41.1 Å². The molecule has 7 heteroatoms. The Morgan fingerprint density at radius 3 is 2.50 bits per heavy atom. The molecule has 1 aliphatic rings. The van der Waals surface area contributed by atoms with Crippen molar-refractivity contribution in [1.82, 2.24) is 14.7 Å². The fourth-order valence-corrected chi connectivity index (χ4v) is 3.20. The number of likely N-dealkylation sites (tertiary alicyclic amines) is 1. The normalized spacial score (nSPS) is 15.5. The first-order valence-electron chi connectivity index (χ1n) is 7.84. The van der Waals surface area contributed by atoms with Crippen LogP contribution in [0.1, 0.15) is 29.6 Å². The molecule has 0 atom stereocenters. The first-order valence-corrected chi connectivity index (χ1v) is 8.64. The summed E-state index contributed by atoms with van der Waals surface area (Å²) in [6, 6.07) is 7.68. The van der Waals surface area contributed by atoms with Gasteiger partial charge in [0.05, 0.1) is 17.4 Å². The van der Waals surface area contributed by atoms with Gasteiger partial charge in [-0.1, -0.05) is 15.9 Å².